The van der Waals surface area contributed by atoms with Gasteiger partial charge in [-0.2, -0.15) is 0 Å². The van der Waals surface area contributed by atoms with E-state index in [-0.39, 0.29) is 0 Å². The highest BCUT2D eigenvalue weighted by Gasteiger charge is 2.64. The van der Waals surface area contributed by atoms with Crippen LogP contribution >= 0.6 is 0 Å². The average Bonchev–Trinajstić information content (AvgIpc) is 0.753. The van der Waals surface area contributed by atoms with Crippen molar-refractivity contribution in [1.29, 1.82) is 0 Å². The summed E-state index contributed by atoms with van der Waals surface area (Å²) in [5.74, 6) is -5.91. The fourth-order valence-corrected chi connectivity index (χ4v) is 19.5. The molecule has 0 aromatic heterocycles. The van der Waals surface area contributed by atoms with Crippen molar-refractivity contribution < 1.29 is 296 Å². The van der Waals surface area contributed by atoms with Crippen LogP contribution in [-0.2, 0) is 138 Å². The van der Waals surface area contributed by atoms with E-state index < -0.39 is 476 Å². The minimum Gasteiger partial charge on any atom is -0.394 e. The maximum atomic E-state index is 13.6. The van der Waals surface area contributed by atoms with Crippen LogP contribution < -0.4 is 31.9 Å². The van der Waals surface area contributed by atoms with Gasteiger partial charge in [-0.3, -0.25) is 28.8 Å². The Bertz CT molecular complexity index is 4250. The van der Waals surface area contributed by atoms with Gasteiger partial charge in [0.05, 0.1) is 78.8 Å². The second kappa shape index (κ2) is 54.0. The number of hydrogen-bond donors (Lipinski definition) is 37. The van der Waals surface area contributed by atoms with Crippen molar-refractivity contribution in [3.63, 3.8) is 0 Å². The Morgan fingerprint density at radius 1 is 0.187 bits per heavy atom. The molecule has 37 N–H and O–H groups in total. The molecule has 12 heterocycles. The maximum absolute atomic E-state index is 13.6. The minimum absolute atomic E-state index is 0.863. The Balaban J connectivity index is 0.955. The molecule has 0 spiro atoms. The van der Waals surface area contributed by atoms with Gasteiger partial charge >= 0.3 is 0 Å². The van der Waals surface area contributed by atoms with Crippen LogP contribution in [0.1, 0.15) is 48.5 Å². The molecule has 12 saturated heterocycles. The summed E-state index contributed by atoms with van der Waals surface area (Å²) in [6.07, 6.45) is -118. The summed E-state index contributed by atoms with van der Waals surface area (Å²) in [6, 6.07) is -11.9. The maximum Gasteiger partial charge on any atom is 0.217 e. The smallest absolute Gasteiger partial charge is 0.217 e. The van der Waals surface area contributed by atoms with Crippen LogP contribution in [0.4, 0.5) is 0 Å². The van der Waals surface area contributed by atoms with E-state index in [1.807, 2.05) is 0 Å². The van der Waals surface area contributed by atoms with Crippen molar-refractivity contribution in [3.8, 4) is 0 Å². The molecule has 0 bridgehead atoms. The zero-order valence-electron chi connectivity index (χ0n) is 81.1. The first-order chi connectivity index (χ1) is 70.9. The summed E-state index contributed by atoms with van der Waals surface area (Å²) in [7, 11) is 0. The minimum atomic E-state index is -2.83. The summed E-state index contributed by atoms with van der Waals surface area (Å²) < 4.78 is 140. The quantitative estimate of drug-likeness (QED) is 0.0272. The summed E-state index contributed by atoms with van der Waals surface area (Å²) in [4.78, 5) is 78.5. The molecule has 12 aliphatic rings. The Hall–Kier alpha value is -5.34. The molecule has 0 aromatic carbocycles. The van der Waals surface area contributed by atoms with Gasteiger partial charge in [-0.1, -0.05) is 0 Å². The van der Waals surface area contributed by atoms with Gasteiger partial charge in [-0.15, -0.1) is 0 Å². The molecule has 0 radical (unpaired) electrons. The number of carbonyl (C=O) groups excluding carboxylic acids is 6. The lowest BCUT2D eigenvalue weighted by molar-refractivity contribution is -0.405. The van der Waals surface area contributed by atoms with Crippen molar-refractivity contribution in [2.45, 2.75) is 417 Å². The van der Waals surface area contributed by atoms with E-state index in [1.165, 1.54) is 6.92 Å². The summed E-state index contributed by atoms with van der Waals surface area (Å²) in [5, 5.41) is 368. The zero-order chi connectivity index (χ0) is 110. The van der Waals surface area contributed by atoms with Gasteiger partial charge in [0, 0.05) is 41.5 Å². The van der Waals surface area contributed by atoms with Gasteiger partial charge in [0.1, 0.15) is 287 Å². The van der Waals surface area contributed by atoms with E-state index in [1.54, 1.807) is 0 Å². The first-order valence-corrected chi connectivity index (χ1v) is 48.0. The van der Waals surface area contributed by atoms with Gasteiger partial charge in [-0.05, 0) is 6.92 Å². The van der Waals surface area contributed by atoms with E-state index >= 15 is 0 Å². The van der Waals surface area contributed by atoms with E-state index in [0.29, 0.717) is 0 Å². The van der Waals surface area contributed by atoms with E-state index in [9.17, 15) is 187 Å². The predicted octanol–water partition coefficient (Wildman–Crippen LogP) is -25.3. The zero-order valence-corrected chi connectivity index (χ0v) is 81.1. The Morgan fingerprint density at radius 2 is 0.427 bits per heavy atom. The van der Waals surface area contributed by atoms with Crippen LogP contribution in [0.15, 0.2) is 0 Å². The molecule has 12 rings (SSSR count). The third kappa shape index (κ3) is 27.7. The molecule has 0 aliphatic carbocycles. The average molecular weight is 2190 g/mol. The lowest BCUT2D eigenvalue weighted by Gasteiger charge is -2.52. The number of nitrogens with one attached hydrogen (secondary N) is 6. The lowest BCUT2D eigenvalue weighted by Crippen LogP contribution is -2.71. The summed E-state index contributed by atoms with van der Waals surface area (Å²) in [6.45, 7) is -6.21. The van der Waals surface area contributed by atoms with Crippen molar-refractivity contribution in [2.24, 2.45) is 0 Å². The molecule has 12 aliphatic heterocycles. The highest BCUT2D eigenvalue weighted by atomic mass is 16.8. The van der Waals surface area contributed by atoms with Crippen LogP contribution in [0.3, 0.4) is 0 Å². The molecule has 866 valence electrons. The molecule has 66 nitrogen and oxygen atoms in total. The standard InChI is InChI=1S/C84H140N6O60/c1-19-43(105)56(118)60(122)79(131-19)129-18-36-69(52(114)37(73(127)132-36)85-20(2)99)144-76-40(88-23(5)102)53(115)67(32(14-97)137-76)147-82-64(126)70(148-84-72(63(125)68(33(15-98)140-84)143-75-39(87-22(4)101)51(113)45(107)27(9-92)134-75)150-78-42(90-25(7)104)55(117)66(31(13-96)139-78)146-81-62(124)58(120)47(109)29(11-94)136-81)49(111)35(141-82)17-130-83-71(59(121)48(110)34(142-83)16-128-74-38(86-21(3)100)50(112)44(106)26(8-91)133-74)149-77-41(89-24(6)103)54(116)65(30(12-95)138-77)145-80-61(123)57(119)46(108)28(10-93)135-80/h19,26-84,91-98,105-127H,8-18H2,1-7H3,(H,85,99)(H,86,100)(H,87,101)(H,88,102)(H,89,103)(H,90,104)/t19-,26-,27-,28-,29-,30-,31-,32-,33-,34-,35-,36-,37-,38-,39-,40-,41-,42-,43+,44-,45-,46+,47+,48-,49-,50-,51-,52-,53-,54-,55-,56+,57+,58+,59+,60-,61-,62-,63+,64+,65-,66-,67-,68-,69-,70+,71+,72+,73-,74-,75+,76+,77+,78+,79+,80+,81+,82+,83+,84-/m1/s1. The fourth-order valence-electron chi connectivity index (χ4n) is 19.5. The number of hydrogen-bond acceptors (Lipinski definition) is 60. The normalized spacial score (nSPS) is 48.8. The number of carbonyl (C=O) groups is 6. The van der Waals surface area contributed by atoms with Crippen molar-refractivity contribution in [1.82, 2.24) is 31.9 Å². The number of amides is 6. The third-order valence-electron chi connectivity index (χ3n) is 27.4. The van der Waals surface area contributed by atoms with Gasteiger partial charge in [-0.25, -0.2) is 0 Å². The number of aliphatic hydroxyl groups excluding tert-OH is 31. The van der Waals surface area contributed by atoms with E-state index in [2.05, 4.69) is 31.9 Å². The van der Waals surface area contributed by atoms with Gasteiger partial charge in [0.25, 0.3) is 0 Å². The number of ether oxygens (including phenoxy) is 23. The molecule has 6 amide bonds. The first-order valence-electron chi connectivity index (χ1n) is 48.0. The van der Waals surface area contributed by atoms with Crippen molar-refractivity contribution in [3.05, 3.63) is 0 Å². The second-order valence-corrected chi connectivity index (χ2v) is 38.1. The second-order valence-electron chi connectivity index (χ2n) is 38.1. The van der Waals surface area contributed by atoms with Crippen molar-refractivity contribution in [2.75, 3.05) is 72.7 Å². The largest absolute Gasteiger partial charge is 0.394 e. The van der Waals surface area contributed by atoms with Crippen LogP contribution in [0.2, 0.25) is 0 Å². The fraction of sp³-hybridized carbons (Fsp3) is 0.929. The molecule has 60 atom stereocenters. The molecule has 0 unspecified atom stereocenters. The van der Waals surface area contributed by atoms with Gasteiger partial charge in [0.15, 0.2) is 75.5 Å². The molecular weight excluding hydrogens is 2050 g/mol. The van der Waals surface area contributed by atoms with Crippen LogP contribution in [0.5, 0.6) is 0 Å². The number of rotatable bonds is 39. The monoisotopic (exact) mass is 2190 g/mol. The first kappa shape index (κ1) is 123. The van der Waals surface area contributed by atoms with E-state index in [4.69, 9.17) is 109 Å². The molecular formula is C84H140N6O60. The third-order valence-corrected chi connectivity index (χ3v) is 27.4. The highest BCUT2D eigenvalue weighted by Crippen LogP contribution is 2.43. The lowest BCUT2D eigenvalue weighted by atomic mass is 9.93. The van der Waals surface area contributed by atoms with Crippen molar-refractivity contribution >= 4 is 35.4 Å². The van der Waals surface area contributed by atoms with Crippen LogP contribution in [0.25, 0.3) is 0 Å². The van der Waals surface area contributed by atoms with Crippen LogP contribution in [-0.4, -0.2) is 635 Å². The topological polar surface area (TPSA) is 1010 Å². The van der Waals surface area contributed by atoms with E-state index in [0.717, 1.165) is 41.5 Å². The van der Waals surface area contributed by atoms with Crippen LogP contribution in [0, 0.1) is 0 Å². The molecule has 66 heteroatoms. The Kier molecular flexibility index (Phi) is 44.4. The Morgan fingerprint density at radius 3 is 0.820 bits per heavy atom. The highest BCUT2D eigenvalue weighted by molar-refractivity contribution is 5.75. The van der Waals surface area contributed by atoms with Gasteiger partial charge in [0.2, 0.25) is 35.4 Å². The Labute approximate surface area is 849 Å². The predicted molar refractivity (Wildman–Crippen MR) is 463 cm³/mol. The number of aliphatic hydroxyl groups is 31. The molecule has 0 saturated carbocycles. The molecule has 150 heavy (non-hydrogen) atoms. The SMILES string of the molecule is CC(=O)N[C@@H]1[C@@H](O)[C@H](O[C@@H]2O[C@H](CO)[C@@H](O[C@@H]3O[C@H](CO[C@H]4O[C@H](CO[C@@H]5O[C@H](CO)[C@@H](O)[C@H](O)[C@H]5NC(C)=O)[C@@H](O)[C@H](O)[C@@H]4O[C@@H]4O[C@H](CO)[C@@H](O[C@@H]5O[C@H](CO)[C@H](O)[C@H](O)[C@H]5O)[C@H](O)[C@H]4NC(C)=O)[C@@H](O)[C@H](O[C@H]4O[C@H](CO)[C@@H](O[C@@H]5O[C@H](CO)[C@@H](O)[C@H](O)[C@H]5NC(C)=O)[C@H](O)[C@@H]4O[C@@H]4O[C@H](CO)[C@@H](O[C@@H]5O[C@H](CO)[C@H](O)[C@H](O)[C@H]5O)[C@H](O)[C@H]4NC(C)=O)[C@@H]3O)[C@H](O)[C@H]2NC(C)=O)[C@@H](CO[C@H]2O[C@H](C)[C@H](O)[C@H](O)[C@H]2O)O[C@H]1O. The molecule has 12 fully saturated rings. The molecule has 0 aromatic rings. The summed E-state index contributed by atoms with van der Waals surface area (Å²) >= 11 is 0. The summed E-state index contributed by atoms with van der Waals surface area (Å²) in [5.41, 5.74) is 0. The van der Waals surface area contributed by atoms with Gasteiger partial charge < -0.3 is 299 Å².